The quantitative estimate of drug-likeness (QED) is 0.359. The summed E-state index contributed by atoms with van der Waals surface area (Å²) in [5, 5.41) is 5.39. The van der Waals surface area contributed by atoms with Crippen LogP contribution in [-0.2, 0) is 14.4 Å². The first-order chi connectivity index (χ1) is 15.6. The lowest BCUT2D eigenvalue weighted by molar-refractivity contribution is -0.148. The maximum atomic E-state index is 13.1. The Hall–Kier alpha value is -4.20. The topological polar surface area (TPSA) is 108 Å². The first-order valence-corrected chi connectivity index (χ1v) is 10.0. The van der Waals surface area contributed by atoms with Crippen LogP contribution in [0, 0.1) is 5.92 Å². The minimum atomic E-state index is -1.01. The Morgan fingerprint density at radius 3 is 2.28 bits per heavy atom. The lowest BCUT2D eigenvalue weighted by Gasteiger charge is -2.19. The lowest BCUT2D eigenvalue weighted by atomic mass is 9.87. The Labute approximate surface area is 180 Å². The number of nitrogens with zero attached hydrogens (tertiary/aromatic N) is 1. The van der Waals surface area contributed by atoms with Crippen molar-refractivity contribution in [1.29, 1.82) is 0 Å². The Balaban J connectivity index is 1.70. The molecular weight excluding hydrogens is 414 g/mol. The first kappa shape index (κ1) is 19.7. The summed E-state index contributed by atoms with van der Waals surface area (Å²) >= 11 is 0. The largest absolute Gasteiger partial charge is 0.465 e. The first-order valence-electron chi connectivity index (χ1n) is 10.0. The molecule has 8 nitrogen and oxygen atoms in total. The molecule has 1 aliphatic heterocycles. The van der Waals surface area contributed by atoms with E-state index in [9.17, 15) is 14.4 Å². The van der Waals surface area contributed by atoms with Crippen molar-refractivity contribution in [1.82, 2.24) is 0 Å². The van der Waals surface area contributed by atoms with Gasteiger partial charge in [0.2, 0.25) is 0 Å². The molecule has 0 fully saturated rings. The molecule has 2 aromatic carbocycles. The number of ether oxygens (including phenoxy) is 1. The zero-order chi connectivity index (χ0) is 22.2. The molecule has 160 valence electrons. The zero-order valence-corrected chi connectivity index (χ0v) is 16.9. The number of rotatable bonds is 4. The molecule has 0 aliphatic carbocycles. The fraction of sp³-hybridized carbons (Fsp3) is 0.167. The SMILES string of the molecule is CCOC(=O)[C@@H]1C(c2cc(=O)oc3ccccc23)=NO[C@H]1c1cc(=O)oc2ccccc12. The molecule has 0 bridgehead atoms. The number of carbonyl (C=O) groups excluding carboxylic acids is 1. The average Bonchev–Trinajstić information content (AvgIpc) is 3.23. The van der Waals surface area contributed by atoms with Crippen LogP contribution in [0.1, 0.15) is 24.2 Å². The summed E-state index contributed by atoms with van der Waals surface area (Å²) in [7, 11) is 0. The lowest BCUT2D eigenvalue weighted by Crippen LogP contribution is -2.30. The number of oxime groups is 1. The highest BCUT2D eigenvalue weighted by molar-refractivity contribution is 6.18. The van der Waals surface area contributed by atoms with E-state index in [4.69, 9.17) is 18.4 Å². The molecule has 0 amide bonds. The number of esters is 1. The van der Waals surface area contributed by atoms with Crippen molar-refractivity contribution < 1.29 is 23.2 Å². The second-order valence-electron chi connectivity index (χ2n) is 7.22. The fourth-order valence-corrected chi connectivity index (χ4v) is 3.99. The fourth-order valence-electron chi connectivity index (χ4n) is 3.99. The number of benzene rings is 2. The van der Waals surface area contributed by atoms with Crippen LogP contribution in [0.5, 0.6) is 0 Å². The van der Waals surface area contributed by atoms with Gasteiger partial charge in [0.05, 0.1) is 6.61 Å². The maximum Gasteiger partial charge on any atom is 0.336 e. The minimum absolute atomic E-state index is 0.144. The molecule has 0 spiro atoms. The van der Waals surface area contributed by atoms with Crippen LogP contribution in [0.25, 0.3) is 21.9 Å². The van der Waals surface area contributed by atoms with Gasteiger partial charge in [0.15, 0.2) is 6.10 Å². The van der Waals surface area contributed by atoms with Gasteiger partial charge in [-0.25, -0.2) is 9.59 Å². The van der Waals surface area contributed by atoms with Crippen LogP contribution in [0.3, 0.4) is 0 Å². The summed E-state index contributed by atoms with van der Waals surface area (Å²) in [4.78, 5) is 43.2. The molecule has 2 aromatic heterocycles. The molecule has 32 heavy (non-hydrogen) atoms. The van der Waals surface area contributed by atoms with E-state index in [0.717, 1.165) is 0 Å². The Bertz CT molecular complexity index is 1500. The second kappa shape index (κ2) is 7.81. The van der Waals surface area contributed by atoms with Gasteiger partial charge in [0, 0.05) is 34.0 Å². The third kappa shape index (κ3) is 3.26. The summed E-state index contributed by atoms with van der Waals surface area (Å²) in [6, 6.07) is 16.5. The molecule has 0 saturated carbocycles. The van der Waals surface area contributed by atoms with E-state index < -0.39 is 29.2 Å². The van der Waals surface area contributed by atoms with E-state index in [1.165, 1.54) is 12.1 Å². The smallest absolute Gasteiger partial charge is 0.336 e. The van der Waals surface area contributed by atoms with Crippen molar-refractivity contribution in [3.8, 4) is 0 Å². The second-order valence-corrected chi connectivity index (χ2v) is 7.22. The van der Waals surface area contributed by atoms with E-state index in [-0.39, 0.29) is 12.3 Å². The molecule has 0 N–H and O–H groups in total. The Morgan fingerprint density at radius 1 is 0.938 bits per heavy atom. The van der Waals surface area contributed by atoms with Gasteiger partial charge < -0.3 is 18.4 Å². The summed E-state index contributed by atoms with van der Waals surface area (Å²) in [5.41, 5.74) is 0.637. The van der Waals surface area contributed by atoms with Gasteiger partial charge in [-0.2, -0.15) is 0 Å². The van der Waals surface area contributed by atoms with Gasteiger partial charge in [-0.15, -0.1) is 0 Å². The zero-order valence-electron chi connectivity index (χ0n) is 16.9. The third-order valence-corrected chi connectivity index (χ3v) is 5.32. The van der Waals surface area contributed by atoms with Crippen molar-refractivity contribution >= 4 is 33.6 Å². The number of hydrogen-bond acceptors (Lipinski definition) is 8. The predicted octanol–water partition coefficient (Wildman–Crippen LogP) is 3.55. The van der Waals surface area contributed by atoms with Crippen molar-refractivity contribution in [2.45, 2.75) is 13.0 Å². The summed E-state index contributed by atoms with van der Waals surface area (Å²) < 4.78 is 15.9. The maximum absolute atomic E-state index is 13.1. The van der Waals surface area contributed by atoms with Gasteiger partial charge in [-0.3, -0.25) is 4.79 Å². The molecule has 0 radical (unpaired) electrons. The Morgan fingerprint density at radius 2 is 1.56 bits per heavy atom. The van der Waals surface area contributed by atoms with Crippen LogP contribution in [0.2, 0.25) is 0 Å². The monoisotopic (exact) mass is 431 g/mol. The van der Waals surface area contributed by atoms with Crippen LogP contribution >= 0.6 is 0 Å². The number of carbonyl (C=O) groups is 1. The number of para-hydroxylation sites is 2. The van der Waals surface area contributed by atoms with Crippen LogP contribution in [-0.4, -0.2) is 18.3 Å². The van der Waals surface area contributed by atoms with Crippen LogP contribution in [0.4, 0.5) is 0 Å². The van der Waals surface area contributed by atoms with E-state index in [0.29, 0.717) is 33.1 Å². The van der Waals surface area contributed by atoms with Crippen molar-refractivity contribution in [3.63, 3.8) is 0 Å². The van der Waals surface area contributed by atoms with E-state index >= 15 is 0 Å². The van der Waals surface area contributed by atoms with E-state index in [1.54, 1.807) is 55.5 Å². The van der Waals surface area contributed by atoms with Crippen molar-refractivity contribution in [2.24, 2.45) is 11.1 Å². The standard InChI is InChI=1S/C24H17NO7/c1-2-29-24(28)21-22(15-11-19(26)30-17-9-5-3-7-13(15)17)25-32-23(21)16-12-20(27)31-18-10-6-4-8-14(16)18/h3-12,21,23H,2H2,1H3/t21-,23+/m1/s1. The highest BCUT2D eigenvalue weighted by Crippen LogP contribution is 2.39. The van der Waals surface area contributed by atoms with Gasteiger partial charge in [-0.05, 0) is 19.1 Å². The number of hydrogen-bond donors (Lipinski definition) is 0. The molecule has 4 aromatic rings. The average molecular weight is 431 g/mol. The molecule has 5 rings (SSSR count). The highest BCUT2D eigenvalue weighted by atomic mass is 16.6. The highest BCUT2D eigenvalue weighted by Gasteiger charge is 2.44. The normalized spacial score (nSPS) is 17.8. The summed E-state index contributed by atoms with van der Waals surface area (Å²) in [6.07, 6.45) is -0.941. The predicted molar refractivity (Wildman–Crippen MR) is 115 cm³/mol. The third-order valence-electron chi connectivity index (χ3n) is 5.32. The minimum Gasteiger partial charge on any atom is -0.465 e. The van der Waals surface area contributed by atoms with Gasteiger partial charge in [0.25, 0.3) is 0 Å². The summed E-state index contributed by atoms with van der Waals surface area (Å²) in [5.74, 6) is -1.59. The van der Waals surface area contributed by atoms with E-state index in [1.807, 2.05) is 0 Å². The molecule has 2 atom stereocenters. The molecule has 3 heterocycles. The van der Waals surface area contributed by atoms with Crippen LogP contribution < -0.4 is 11.3 Å². The Kier molecular flexibility index (Phi) is 4.82. The van der Waals surface area contributed by atoms with Gasteiger partial charge in [-0.1, -0.05) is 41.6 Å². The molecule has 0 unspecified atom stereocenters. The molecule has 0 saturated heterocycles. The van der Waals surface area contributed by atoms with Gasteiger partial charge in [0.1, 0.15) is 22.8 Å². The molecular formula is C24H17NO7. The van der Waals surface area contributed by atoms with E-state index in [2.05, 4.69) is 5.16 Å². The van der Waals surface area contributed by atoms with Crippen molar-refractivity contribution in [3.05, 3.63) is 92.6 Å². The van der Waals surface area contributed by atoms with Crippen LogP contribution in [0.15, 0.2) is 84.2 Å². The molecule has 1 aliphatic rings. The number of fused-ring (bicyclic) bond motifs is 2. The summed E-state index contributed by atoms with van der Waals surface area (Å²) in [6.45, 7) is 1.84. The van der Waals surface area contributed by atoms with Gasteiger partial charge >= 0.3 is 17.2 Å². The van der Waals surface area contributed by atoms with Crippen molar-refractivity contribution in [2.75, 3.05) is 6.61 Å². The molecule has 8 heteroatoms.